The number of hydrogen-bond donors (Lipinski definition) is 3. The number of rotatable bonds is 3. The molecular formula is C13H22Cl2N2O2. The lowest BCUT2D eigenvalue weighted by molar-refractivity contribution is -0.129. The summed E-state index contributed by atoms with van der Waals surface area (Å²) in [5, 5.41) is 13.1. The molecular weight excluding hydrogens is 287 g/mol. The Hall–Kier alpha value is -0.0300. The van der Waals surface area contributed by atoms with E-state index in [9.17, 15) is 9.90 Å². The van der Waals surface area contributed by atoms with Crippen LogP contribution in [0.5, 0.6) is 0 Å². The summed E-state index contributed by atoms with van der Waals surface area (Å²) in [5.74, 6) is -0.511. The van der Waals surface area contributed by atoms with E-state index in [4.69, 9.17) is 28.9 Å². The molecule has 0 aromatic carbocycles. The normalized spacial score (nSPS) is 38.9. The van der Waals surface area contributed by atoms with Gasteiger partial charge in [0, 0.05) is 5.92 Å². The number of primary amides is 1. The third-order valence-electron chi connectivity index (χ3n) is 4.53. The van der Waals surface area contributed by atoms with E-state index in [2.05, 4.69) is 5.32 Å². The van der Waals surface area contributed by atoms with E-state index in [0.29, 0.717) is 12.8 Å². The minimum Gasteiger partial charge on any atom is -0.393 e. The molecule has 2 rings (SSSR count). The SMILES string of the molecule is NC(=O)C(C1CCNCC1)C1CC(Cl)C(Cl)CC1O. The molecule has 2 aliphatic rings. The molecule has 1 amide bonds. The van der Waals surface area contributed by atoms with E-state index in [1.807, 2.05) is 0 Å². The summed E-state index contributed by atoms with van der Waals surface area (Å²) in [5.41, 5.74) is 5.59. The number of nitrogens with one attached hydrogen (secondary N) is 1. The van der Waals surface area contributed by atoms with E-state index < -0.39 is 6.10 Å². The average molecular weight is 309 g/mol. The molecule has 5 unspecified atom stereocenters. The van der Waals surface area contributed by atoms with Crippen LogP contribution in [0.3, 0.4) is 0 Å². The molecule has 0 aromatic heterocycles. The fourth-order valence-corrected chi connectivity index (χ4v) is 4.09. The van der Waals surface area contributed by atoms with Crippen molar-refractivity contribution in [2.45, 2.75) is 42.5 Å². The number of aliphatic hydroxyl groups excluding tert-OH is 1. The predicted octanol–water partition coefficient (Wildman–Crippen LogP) is 1.07. The van der Waals surface area contributed by atoms with E-state index in [-0.39, 0.29) is 34.4 Å². The van der Waals surface area contributed by atoms with Crippen molar-refractivity contribution < 1.29 is 9.90 Å². The van der Waals surface area contributed by atoms with Crippen molar-refractivity contribution >= 4 is 29.1 Å². The highest BCUT2D eigenvalue weighted by Crippen LogP contribution is 2.40. The molecule has 4 nitrogen and oxygen atoms in total. The van der Waals surface area contributed by atoms with Crippen molar-refractivity contribution in [1.82, 2.24) is 5.32 Å². The Bertz CT molecular complexity index is 324. The molecule has 110 valence electrons. The number of hydrogen-bond acceptors (Lipinski definition) is 3. The number of aliphatic hydroxyl groups is 1. The van der Waals surface area contributed by atoms with Crippen LogP contribution in [-0.4, -0.2) is 41.0 Å². The van der Waals surface area contributed by atoms with Gasteiger partial charge in [-0.25, -0.2) is 0 Å². The van der Waals surface area contributed by atoms with Crippen LogP contribution in [0.15, 0.2) is 0 Å². The second kappa shape index (κ2) is 6.61. The minimum atomic E-state index is -0.579. The van der Waals surface area contributed by atoms with Crippen LogP contribution in [0.4, 0.5) is 0 Å². The highest BCUT2D eigenvalue weighted by Gasteiger charge is 2.43. The van der Waals surface area contributed by atoms with Gasteiger partial charge in [-0.05, 0) is 50.6 Å². The van der Waals surface area contributed by atoms with Crippen molar-refractivity contribution in [3.8, 4) is 0 Å². The van der Waals surface area contributed by atoms with Crippen molar-refractivity contribution in [3.05, 3.63) is 0 Å². The first-order valence-corrected chi connectivity index (χ1v) is 7.84. The molecule has 1 aliphatic carbocycles. The third kappa shape index (κ3) is 3.54. The third-order valence-corrected chi connectivity index (χ3v) is 5.63. The van der Waals surface area contributed by atoms with E-state index in [1.165, 1.54) is 0 Å². The lowest BCUT2D eigenvalue weighted by Gasteiger charge is -2.41. The zero-order chi connectivity index (χ0) is 14.0. The van der Waals surface area contributed by atoms with Crippen molar-refractivity contribution in [3.63, 3.8) is 0 Å². The summed E-state index contributed by atoms with van der Waals surface area (Å²) in [7, 11) is 0. The topological polar surface area (TPSA) is 75.4 Å². The van der Waals surface area contributed by atoms with Gasteiger partial charge in [0.1, 0.15) is 0 Å². The zero-order valence-corrected chi connectivity index (χ0v) is 12.4. The average Bonchev–Trinajstić information content (AvgIpc) is 2.37. The fourth-order valence-electron chi connectivity index (χ4n) is 3.50. The maximum absolute atomic E-state index is 11.8. The Kier molecular flexibility index (Phi) is 5.35. The van der Waals surface area contributed by atoms with Gasteiger partial charge in [-0.15, -0.1) is 23.2 Å². The first-order chi connectivity index (χ1) is 9.00. The quantitative estimate of drug-likeness (QED) is 0.683. The maximum atomic E-state index is 11.8. The molecule has 1 saturated carbocycles. The summed E-state index contributed by atoms with van der Waals surface area (Å²) in [6.07, 6.45) is 2.27. The summed E-state index contributed by atoms with van der Waals surface area (Å²) in [6.45, 7) is 1.80. The van der Waals surface area contributed by atoms with Crippen LogP contribution >= 0.6 is 23.2 Å². The molecule has 1 aliphatic heterocycles. The summed E-state index contributed by atoms with van der Waals surface area (Å²) < 4.78 is 0. The number of carbonyl (C=O) groups excluding carboxylic acids is 1. The van der Waals surface area contributed by atoms with Gasteiger partial charge in [-0.3, -0.25) is 4.79 Å². The fraction of sp³-hybridized carbons (Fsp3) is 0.923. The molecule has 6 heteroatoms. The maximum Gasteiger partial charge on any atom is 0.221 e. The standard InChI is InChI=1S/C13H22Cl2N2O2/c14-9-5-8(11(18)6-10(9)15)12(13(16)19)7-1-3-17-4-2-7/h7-12,17-18H,1-6H2,(H2,16,19). The Balaban J connectivity index is 2.11. The van der Waals surface area contributed by atoms with Gasteiger partial charge in [0.2, 0.25) is 5.91 Å². The molecule has 0 radical (unpaired) electrons. The van der Waals surface area contributed by atoms with Crippen molar-refractivity contribution in [2.75, 3.05) is 13.1 Å². The molecule has 1 saturated heterocycles. The number of carbonyl (C=O) groups is 1. The highest BCUT2D eigenvalue weighted by atomic mass is 35.5. The van der Waals surface area contributed by atoms with Gasteiger partial charge in [-0.2, -0.15) is 0 Å². The second-order valence-electron chi connectivity index (χ2n) is 5.75. The molecule has 5 atom stereocenters. The highest BCUT2D eigenvalue weighted by molar-refractivity contribution is 6.30. The van der Waals surface area contributed by atoms with Gasteiger partial charge in [0.05, 0.1) is 16.9 Å². The molecule has 4 N–H and O–H groups in total. The van der Waals surface area contributed by atoms with E-state index >= 15 is 0 Å². The Morgan fingerprint density at radius 3 is 2.37 bits per heavy atom. The molecule has 19 heavy (non-hydrogen) atoms. The predicted molar refractivity (Wildman–Crippen MR) is 76.3 cm³/mol. The van der Waals surface area contributed by atoms with Crippen LogP contribution in [0.2, 0.25) is 0 Å². The van der Waals surface area contributed by atoms with Crippen LogP contribution in [-0.2, 0) is 4.79 Å². The zero-order valence-electron chi connectivity index (χ0n) is 10.9. The van der Waals surface area contributed by atoms with Gasteiger partial charge >= 0.3 is 0 Å². The van der Waals surface area contributed by atoms with Crippen LogP contribution < -0.4 is 11.1 Å². The summed E-state index contributed by atoms with van der Waals surface area (Å²) >= 11 is 12.3. The Labute approximate surface area is 124 Å². The first-order valence-electron chi connectivity index (χ1n) is 6.97. The molecule has 0 aromatic rings. The molecule has 2 fully saturated rings. The Morgan fingerprint density at radius 2 is 1.79 bits per heavy atom. The molecule has 1 heterocycles. The summed E-state index contributed by atoms with van der Waals surface area (Å²) in [6, 6.07) is 0. The van der Waals surface area contributed by atoms with Gasteiger partial charge in [0.25, 0.3) is 0 Å². The second-order valence-corrected chi connectivity index (χ2v) is 6.87. The molecule has 0 spiro atoms. The van der Waals surface area contributed by atoms with Crippen molar-refractivity contribution in [2.24, 2.45) is 23.5 Å². The molecule has 0 bridgehead atoms. The monoisotopic (exact) mass is 308 g/mol. The van der Waals surface area contributed by atoms with Gasteiger partial charge in [0.15, 0.2) is 0 Å². The van der Waals surface area contributed by atoms with Gasteiger partial charge in [-0.1, -0.05) is 0 Å². The van der Waals surface area contributed by atoms with E-state index in [0.717, 1.165) is 25.9 Å². The van der Waals surface area contributed by atoms with Crippen LogP contribution in [0.25, 0.3) is 0 Å². The lowest BCUT2D eigenvalue weighted by atomic mass is 9.69. The smallest absolute Gasteiger partial charge is 0.221 e. The minimum absolute atomic E-state index is 0.155. The Morgan fingerprint density at radius 1 is 1.21 bits per heavy atom. The van der Waals surface area contributed by atoms with E-state index in [1.54, 1.807) is 0 Å². The van der Waals surface area contributed by atoms with Gasteiger partial charge < -0.3 is 16.2 Å². The number of alkyl halides is 2. The summed E-state index contributed by atoms with van der Waals surface area (Å²) in [4.78, 5) is 11.8. The number of amides is 1. The lowest BCUT2D eigenvalue weighted by Crippen LogP contribution is -2.48. The van der Waals surface area contributed by atoms with Crippen LogP contribution in [0, 0.1) is 17.8 Å². The first kappa shape index (κ1) is 15.4. The number of nitrogens with two attached hydrogens (primary N) is 1. The van der Waals surface area contributed by atoms with Crippen molar-refractivity contribution in [1.29, 1.82) is 0 Å². The van der Waals surface area contributed by atoms with Crippen LogP contribution in [0.1, 0.15) is 25.7 Å². The number of piperidine rings is 1. The largest absolute Gasteiger partial charge is 0.393 e. The number of halogens is 2.